The number of hydrogen-bond donors (Lipinski definition) is 3. The Balaban J connectivity index is 1.97. The first-order valence-corrected chi connectivity index (χ1v) is 10.1. The fraction of sp³-hybridized carbons (Fsp3) is 0.263. The molecule has 0 bridgehead atoms. The molecule has 0 radical (unpaired) electrons. The first-order valence-electron chi connectivity index (χ1n) is 8.65. The number of nitrogens with zero attached hydrogens (tertiary/aromatic N) is 2. The Labute approximate surface area is 168 Å². The molecule has 3 N–H and O–H groups in total. The van der Waals surface area contributed by atoms with Crippen LogP contribution in [0.4, 0.5) is 5.69 Å². The molecular weight excluding hydrogens is 396 g/mol. The van der Waals surface area contributed by atoms with Gasteiger partial charge in [-0.05, 0) is 24.6 Å². The van der Waals surface area contributed by atoms with Gasteiger partial charge in [-0.1, -0.05) is 12.1 Å². The third-order valence-electron chi connectivity index (χ3n) is 4.59. The zero-order valence-corrected chi connectivity index (χ0v) is 16.7. The lowest BCUT2D eigenvalue weighted by Gasteiger charge is -2.18. The van der Waals surface area contributed by atoms with E-state index in [2.05, 4.69) is 16.6 Å². The molecule has 2 unspecified atom stereocenters. The molecule has 10 heteroatoms. The molecule has 2 atom stereocenters. The van der Waals surface area contributed by atoms with Crippen LogP contribution in [0, 0.1) is 18.3 Å². The van der Waals surface area contributed by atoms with E-state index in [1.807, 2.05) is 6.07 Å². The summed E-state index contributed by atoms with van der Waals surface area (Å²) in [6.45, 7) is 5.04. The highest BCUT2D eigenvalue weighted by Gasteiger charge is 2.36. The van der Waals surface area contributed by atoms with E-state index in [4.69, 9.17) is 10.00 Å². The maximum absolute atomic E-state index is 12.9. The maximum atomic E-state index is 12.9. The number of nitrogens with one attached hydrogen (secondary N) is 2. The number of rotatable bonds is 4. The number of amides is 1. The van der Waals surface area contributed by atoms with E-state index in [-0.39, 0.29) is 22.9 Å². The van der Waals surface area contributed by atoms with Gasteiger partial charge in [0, 0.05) is 18.9 Å². The summed E-state index contributed by atoms with van der Waals surface area (Å²) < 4.78 is 34.7. The minimum Gasteiger partial charge on any atom is -0.488 e. The highest BCUT2D eigenvalue weighted by atomic mass is 32.2. The topological polar surface area (TPSA) is 133 Å². The van der Waals surface area contributed by atoms with Crippen molar-refractivity contribution in [3.05, 3.63) is 53.9 Å². The lowest BCUT2D eigenvalue weighted by Crippen LogP contribution is -2.44. The molecule has 0 saturated heterocycles. The zero-order chi connectivity index (χ0) is 21.3. The molecule has 9 nitrogen and oxygen atoms in total. The zero-order valence-electron chi connectivity index (χ0n) is 15.8. The molecule has 0 aliphatic carbocycles. The van der Waals surface area contributed by atoms with Crippen LogP contribution in [0.1, 0.15) is 21.6 Å². The molecule has 2 aromatic rings. The van der Waals surface area contributed by atoms with Crippen LogP contribution < -0.4 is 14.8 Å². The molecule has 1 aromatic heterocycles. The number of nitriles is 1. The van der Waals surface area contributed by atoms with Gasteiger partial charge in [0.2, 0.25) is 10.0 Å². The molecule has 1 aliphatic heterocycles. The van der Waals surface area contributed by atoms with Crippen molar-refractivity contribution in [1.29, 1.82) is 5.26 Å². The first kappa shape index (κ1) is 20.6. The van der Waals surface area contributed by atoms with E-state index in [1.165, 1.54) is 30.0 Å². The number of carbonyl (C=O) groups is 1. The molecule has 1 aliphatic rings. The average molecular weight is 416 g/mol. The lowest BCUT2D eigenvalue weighted by atomic mass is 10.1. The van der Waals surface area contributed by atoms with Gasteiger partial charge in [-0.3, -0.25) is 4.79 Å². The SMILES string of the molecule is C=CC(O)C1COc2c(cn(C)c2C(=O)Nc2ccc(C)c(C#N)c2)S(=O)(=O)N1. The van der Waals surface area contributed by atoms with Gasteiger partial charge in [-0.2, -0.15) is 5.26 Å². The predicted molar refractivity (Wildman–Crippen MR) is 105 cm³/mol. The number of fused-ring (bicyclic) bond motifs is 1. The summed E-state index contributed by atoms with van der Waals surface area (Å²) in [5.41, 5.74) is 1.57. The Bertz CT molecular complexity index is 1130. The minimum absolute atomic E-state index is 0.00167. The molecule has 0 saturated carbocycles. The van der Waals surface area contributed by atoms with E-state index in [1.54, 1.807) is 19.1 Å². The summed E-state index contributed by atoms with van der Waals surface area (Å²) in [5.74, 6) is -0.705. The van der Waals surface area contributed by atoms with Gasteiger partial charge >= 0.3 is 0 Å². The number of aliphatic hydroxyl groups excluding tert-OH is 1. The van der Waals surface area contributed by atoms with Crippen molar-refractivity contribution in [1.82, 2.24) is 9.29 Å². The monoisotopic (exact) mass is 416 g/mol. The molecule has 152 valence electrons. The van der Waals surface area contributed by atoms with E-state index < -0.39 is 28.1 Å². The summed E-state index contributed by atoms with van der Waals surface area (Å²) >= 11 is 0. The van der Waals surface area contributed by atoms with Gasteiger partial charge in [-0.25, -0.2) is 13.1 Å². The summed E-state index contributed by atoms with van der Waals surface area (Å²) in [4.78, 5) is 12.7. The number of benzene rings is 1. The number of hydrogen-bond acceptors (Lipinski definition) is 6. The Morgan fingerprint density at radius 2 is 2.28 bits per heavy atom. The second-order valence-electron chi connectivity index (χ2n) is 6.64. The maximum Gasteiger partial charge on any atom is 0.276 e. The fourth-order valence-corrected chi connectivity index (χ4v) is 4.41. The average Bonchev–Trinajstić information content (AvgIpc) is 2.96. The van der Waals surface area contributed by atoms with Crippen molar-refractivity contribution in [2.24, 2.45) is 7.05 Å². The molecular formula is C19H20N4O5S. The number of aryl methyl sites for hydroxylation is 2. The summed E-state index contributed by atoms with van der Waals surface area (Å²) in [6, 6.07) is 5.98. The second kappa shape index (κ2) is 7.71. The van der Waals surface area contributed by atoms with Crippen LogP contribution in [0.3, 0.4) is 0 Å². The number of sulfonamides is 1. The molecule has 2 heterocycles. The van der Waals surface area contributed by atoms with E-state index >= 15 is 0 Å². The normalized spacial score (nSPS) is 18.5. The highest BCUT2D eigenvalue weighted by molar-refractivity contribution is 7.89. The van der Waals surface area contributed by atoms with Crippen molar-refractivity contribution >= 4 is 21.6 Å². The smallest absolute Gasteiger partial charge is 0.276 e. The number of carbonyl (C=O) groups excluding carboxylic acids is 1. The Hall–Kier alpha value is -3.13. The summed E-state index contributed by atoms with van der Waals surface area (Å²) in [7, 11) is -2.51. The standard InChI is InChI=1S/C19H20N4O5S/c1-4-15(24)14-10-28-18-16(29(26,27)22-14)9-23(3)17(18)19(25)21-13-6-5-11(2)12(7-13)8-20/h4-7,9,14-15,22,24H,1,10H2,2-3H3,(H,21,25). The van der Waals surface area contributed by atoms with Gasteiger partial charge in [0.25, 0.3) is 5.91 Å². The summed E-state index contributed by atoms with van der Waals surface area (Å²) in [6.07, 6.45) is 1.31. The number of ether oxygens (including phenoxy) is 1. The van der Waals surface area contributed by atoms with Gasteiger partial charge in [-0.15, -0.1) is 6.58 Å². The van der Waals surface area contributed by atoms with Gasteiger partial charge in [0.1, 0.15) is 11.5 Å². The van der Waals surface area contributed by atoms with Crippen molar-refractivity contribution in [3.8, 4) is 11.8 Å². The molecule has 1 aromatic carbocycles. The largest absolute Gasteiger partial charge is 0.488 e. The van der Waals surface area contributed by atoms with Gasteiger partial charge in [0.15, 0.2) is 11.4 Å². The summed E-state index contributed by atoms with van der Waals surface area (Å²) in [5, 5.41) is 21.7. The second-order valence-corrected chi connectivity index (χ2v) is 8.33. The number of aliphatic hydroxyl groups is 1. The highest BCUT2D eigenvalue weighted by Crippen LogP contribution is 2.33. The van der Waals surface area contributed by atoms with E-state index in [0.717, 1.165) is 5.56 Å². The lowest BCUT2D eigenvalue weighted by molar-refractivity contribution is 0.101. The predicted octanol–water partition coefficient (Wildman–Crippen LogP) is 1.04. The fourth-order valence-electron chi connectivity index (χ4n) is 2.98. The van der Waals surface area contributed by atoms with Crippen molar-refractivity contribution in [2.45, 2.75) is 24.0 Å². The Morgan fingerprint density at radius 1 is 1.55 bits per heavy atom. The Morgan fingerprint density at radius 3 is 2.93 bits per heavy atom. The number of anilines is 1. The van der Waals surface area contributed by atoms with Crippen LogP contribution in [0.2, 0.25) is 0 Å². The van der Waals surface area contributed by atoms with Crippen LogP contribution in [0.15, 0.2) is 41.9 Å². The van der Waals surface area contributed by atoms with E-state index in [9.17, 15) is 18.3 Å². The van der Waals surface area contributed by atoms with Crippen LogP contribution in [-0.2, 0) is 17.1 Å². The molecule has 29 heavy (non-hydrogen) atoms. The molecule has 1 amide bonds. The third kappa shape index (κ3) is 3.88. The van der Waals surface area contributed by atoms with Crippen LogP contribution in [0.5, 0.6) is 5.75 Å². The Kier molecular flexibility index (Phi) is 5.48. The quantitative estimate of drug-likeness (QED) is 0.638. The molecule has 0 spiro atoms. The number of aromatic nitrogens is 1. The van der Waals surface area contributed by atoms with Gasteiger partial charge in [0.05, 0.1) is 23.8 Å². The first-order chi connectivity index (χ1) is 13.7. The van der Waals surface area contributed by atoms with Crippen LogP contribution in [0.25, 0.3) is 0 Å². The van der Waals surface area contributed by atoms with Crippen LogP contribution >= 0.6 is 0 Å². The van der Waals surface area contributed by atoms with Gasteiger partial charge < -0.3 is 19.7 Å². The third-order valence-corrected chi connectivity index (χ3v) is 6.07. The minimum atomic E-state index is -4.03. The van der Waals surface area contributed by atoms with E-state index in [0.29, 0.717) is 11.3 Å². The van der Waals surface area contributed by atoms with Crippen molar-refractivity contribution < 1.29 is 23.1 Å². The molecule has 3 rings (SSSR count). The molecule has 0 fully saturated rings. The van der Waals surface area contributed by atoms with Crippen molar-refractivity contribution in [2.75, 3.05) is 11.9 Å². The van der Waals surface area contributed by atoms with Crippen molar-refractivity contribution in [3.63, 3.8) is 0 Å². The van der Waals surface area contributed by atoms with Crippen LogP contribution in [-0.4, -0.2) is 42.8 Å².